The Morgan fingerprint density at radius 2 is 2.28 bits per heavy atom. The SMILES string of the molecule is CCC(Br)c1nc2cc(OC)ccc2n1CCO. The summed E-state index contributed by atoms with van der Waals surface area (Å²) >= 11 is 3.62. The Hall–Kier alpha value is -1.07. The first kappa shape index (κ1) is 13.4. The van der Waals surface area contributed by atoms with Crippen LogP contribution in [-0.2, 0) is 6.54 Å². The standard InChI is InChI=1S/C13H17BrN2O2/c1-3-10(14)13-15-11-8-9(18-2)4-5-12(11)16(13)6-7-17/h4-5,8,10,17H,3,6-7H2,1-2H3. The molecule has 18 heavy (non-hydrogen) atoms. The van der Waals surface area contributed by atoms with E-state index < -0.39 is 0 Å². The number of hydrogen-bond acceptors (Lipinski definition) is 3. The zero-order chi connectivity index (χ0) is 13.1. The molecule has 0 saturated carbocycles. The van der Waals surface area contributed by atoms with Gasteiger partial charge >= 0.3 is 0 Å². The Morgan fingerprint density at radius 3 is 2.89 bits per heavy atom. The van der Waals surface area contributed by atoms with Gasteiger partial charge in [-0.25, -0.2) is 4.98 Å². The minimum absolute atomic E-state index is 0.105. The number of aromatic nitrogens is 2. The molecular formula is C13H17BrN2O2. The van der Waals surface area contributed by atoms with Crippen LogP contribution in [0.1, 0.15) is 24.0 Å². The molecule has 1 unspecified atom stereocenters. The lowest BCUT2D eigenvalue weighted by molar-refractivity contribution is 0.276. The maximum atomic E-state index is 9.19. The summed E-state index contributed by atoms with van der Waals surface area (Å²) in [6.07, 6.45) is 0.950. The maximum absolute atomic E-state index is 9.19. The van der Waals surface area contributed by atoms with Crippen molar-refractivity contribution in [3.63, 3.8) is 0 Å². The highest BCUT2D eigenvalue weighted by molar-refractivity contribution is 9.09. The van der Waals surface area contributed by atoms with Crippen LogP contribution < -0.4 is 4.74 Å². The Balaban J connectivity index is 2.58. The number of halogens is 1. The number of nitrogens with zero attached hydrogens (tertiary/aromatic N) is 2. The van der Waals surface area contributed by atoms with E-state index in [9.17, 15) is 5.11 Å². The fourth-order valence-electron chi connectivity index (χ4n) is 2.01. The Morgan fingerprint density at radius 1 is 1.50 bits per heavy atom. The minimum atomic E-state index is 0.105. The van der Waals surface area contributed by atoms with Crippen LogP contribution in [0.4, 0.5) is 0 Å². The van der Waals surface area contributed by atoms with Crippen molar-refractivity contribution in [2.45, 2.75) is 24.7 Å². The van der Waals surface area contributed by atoms with Gasteiger partial charge in [0.2, 0.25) is 0 Å². The Kier molecular flexibility index (Phi) is 4.24. The van der Waals surface area contributed by atoms with Gasteiger partial charge in [-0.3, -0.25) is 0 Å². The second-order valence-electron chi connectivity index (χ2n) is 4.08. The van der Waals surface area contributed by atoms with E-state index in [0.717, 1.165) is 29.0 Å². The van der Waals surface area contributed by atoms with Gasteiger partial charge < -0.3 is 14.4 Å². The zero-order valence-electron chi connectivity index (χ0n) is 10.6. The number of ether oxygens (including phenoxy) is 1. The van der Waals surface area contributed by atoms with Gasteiger partial charge in [-0.05, 0) is 18.6 Å². The number of aliphatic hydroxyl groups is 1. The number of aliphatic hydroxyl groups excluding tert-OH is 1. The molecule has 0 spiro atoms. The summed E-state index contributed by atoms with van der Waals surface area (Å²) in [5.74, 6) is 1.75. The first-order valence-corrected chi connectivity index (χ1v) is 6.92. The third-order valence-electron chi connectivity index (χ3n) is 2.95. The fourth-order valence-corrected chi connectivity index (χ4v) is 2.36. The van der Waals surface area contributed by atoms with E-state index >= 15 is 0 Å². The number of imidazole rings is 1. The van der Waals surface area contributed by atoms with Crippen LogP contribution in [0.25, 0.3) is 11.0 Å². The third kappa shape index (κ3) is 2.37. The highest BCUT2D eigenvalue weighted by Gasteiger charge is 2.16. The highest BCUT2D eigenvalue weighted by Crippen LogP contribution is 2.30. The molecule has 0 aliphatic carbocycles. The topological polar surface area (TPSA) is 47.3 Å². The quantitative estimate of drug-likeness (QED) is 0.864. The van der Waals surface area contributed by atoms with E-state index in [4.69, 9.17) is 4.74 Å². The van der Waals surface area contributed by atoms with Gasteiger partial charge in [0, 0.05) is 12.6 Å². The summed E-state index contributed by atoms with van der Waals surface area (Å²) in [6.45, 7) is 2.76. The number of alkyl halides is 1. The largest absolute Gasteiger partial charge is 0.497 e. The smallest absolute Gasteiger partial charge is 0.123 e. The summed E-state index contributed by atoms with van der Waals surface area (Å²) in [5.41, 5.74) is 1.92. The molecule has 1 N–H and O–H groups in total. The van der Waals surface area contributed by atoms with E-state index in [2.05, 4.69) is 32.4 Å². The van der Waals surface area contributed by atoms with E-state index in [1.165, 1.54) is 0 Å². The zero-order valence-corrected chi connectivity index (χ0v) is 12.1. The van der Waals surface area contributed by atoms with Gasteiger partial charge in [-0.1, -0.05) is 22.9 Å². The van der Waals surface area contributed by atoms with Crippen LogP contribution in [0, 0.1) is 0 Å². The van der Waals surface area contributed by atoms with Crippen molar-refractivity contribution >= 4 is 27.0 Å². The molecule has 0 saturated heterocycles. The fraction of sp³-hybridized carbons (Fsp3) is 0.462. The molecule has 1 aromatic carbocycles. The van der Waals surface area contributed by atoms with Crippen LogP contribution in [0.2, 0.25) is 0 Å². The van der Waals surface area contributed by atoms with Crippen LogP contribution >= 0.6 is 15.9 Å². The van der Waals surface area contributed by atoms with Crippen molar-refractivity contribution in [3.8, 4) is 5.75 Å². The lowest BCUT2D eigenvalue weighted by Crippen LogP contribution is -2.08. The molecular weight excluding hydrogens is 296 g/mol. The predicted octanol–water partition coefficient (Wildman–Crippen LogP) is 2.88. The van der Waals surface area contributed by atoms with Crippen LogP contribution in [0.15, 0.2) is 18.2 Å². The van der Waals surface area contributed by atoms with Crippen LogP contribution in [0.3, 0.4) is 0 Å². The van der Waals surface area contributed by atoms with Gasteiger partial charge in [0.05, 0.1) is 29.6 Å². The highest BCUT2D eigenvalue weighted by atomic mass is 79.9. The van der Waals surface area contributed by atoms with Crippen molar-refractivity contribution in [2.75, 3.05) is 13.7 Å². The molecule has 0 radical (unpaired) electrons. The molecule has 1 aromatic heterocycles. The molecule has 1 heterocycles. The number of methoxy groups -OCH3 is 1. The van der Waals surface area contributed by atoms with E-state index in [1.54, 1.807) is 7.11 Å². The molecule has 0 aliphatic heterocycles. The van der Waals surface area contributed by atoms with Crippen molar-refractivity contribution in [3.05, 3.63) is 24.0 Å². The van der Waals surface area contributed by atoms with Gasteiger partial charge in [-0.15, -0.1) is 0 Å². The second kappa shape index (κ2) is 5.71. The normalized spacial score (nSPS) is 12.9. The number of rotatable bonds is 5. The molecule has 98 valence electrons. The Bertz CT molecular complexity index is 539. The number of benzene rings is 1. The summed E-state index contributed by atoms with van der Waals surface area (Å²) in [6, 6.07) is 5.81. The lowest BCUT2D eigenvalue weighted by atomic mass is 10.3. The van der Waals surface area contributed by atoms with Crippen LogP contribution in [-0.4, -0.2) is 28.4 Å². The number of fused-ring (bicyclic) bond motifs is 1. The summed E-state index contributed by atoms with van der Waals surface area (Å²) in [7, 11) is 1.64. The maximum Gasteiger partial charge on any atom is 0.123 e. The van der Waals surface area contributed by atoms with E-state index in [0.29, 0.717) is 6.54 Å². The van der Waals surface area contributed by atoms with Crippen molar-refractivity contribution < 1.29 is 9.84 Å². The van der Waals surface area contributed by atoms with Gasteiger partial charge in [0.25, 0.3) is 0 Å². The molecule has 2 aromatic rings. The van der Waals surface area contributed by atoms with Gasteiger partial charge in [0.15, 0.2) is 0 Å². The van der Waals surface area contributed by atoms with Crippen molar-refractivity contribution in [1.29, 1.82) is 0 Å². The molecule has 0 bridgehead atoms. The minimum Gasteiger partial charge on any atom is -0.497 e. The second-order valence-corrected chi connectivity index (χ2v) is 5.18. The average Bonchev–Trinajstić information content (AvgIpc) is 2.76. The van der Waals surface area contributed by atoms with E-state index in [-0.39, 0.29) is 11.4 Å². The van der Waals surface area contributed by atoms with E-state index in [1.807, 2.05) is 18.2 Å². The summed E-state index contributed by atoms with van der Waals surface area (Å²) < 4.78 is 7.26. The molecule has 0 amide bonds. The first-order valence-electron chi connectivity index (χ1n) is 6.00. The molecule has 5 heteroatoms. The Labute approximate surface area is 115 Å². The predicted molar refractivity (Wildman–Crippen MR) is 75.3 cm³/mol. The van der Waals surface area contributed by atoms with Crippen molar-refractivity contribution in [2.24, 2.45) is 0 Å². The monoisotopic (exact) mass is 312 g/mol. The molecule has 0 fully saturated rings. The van der Waals surface area contributed by atoms with Gasteiger partial charge in [0.1, 0.15) is 11.6 Å². The molecule has 2 rings (SSSR count). The average molecular weight is 313 g/mol. The summed E-state index contributed by atoms with van der Waals surface area (Å²) in [5, 5.41) is 9.19. The van der Waals surface area contributed by atoms with Crippen LogP contribution in [0.5, 0.6) is 5.75 Å². The summed E-state index contributed by atoms with van der Waals surface area (Å²) in [4.78, 5) is 4.83. The van der Waals surface area contributed by atoms with Crippen molar-refractivity contribution in [1.82, 2.24) is 9.55 Å². The molecule has 4 nitrogen and oxygen atoms in total. The molecule has 1 atom stereocenters. The lowest BCUT2D eigenvalue weighted by Gasteiger charge is -2.10. The number of hydrogen-bond donors (Lipinski definition) is 1. The first-order chi connectivity index (χ1) is 8.71. The van der Waals surface area contributed by atoms with Gasteiger partial charge in [-0.2, -0.15) is 0 Å². The third-order valence-corrected chi connectivity index (χ3v) is 4.00. The molecule has 0 aliphatic rings.